The molecule has 1 unspecified atom stereocenters. The Morgan fingerprint density at radius 2 is 2.09 bits per heavy atom. The zero-order chi connectivity index (χ0) is 16.1. The van der Waals surface area contributed by atoms with Gasteiger partial charge in [0.05, 0.1) is 6.26 Å². The molecule has 3 heterocycles. The van der Waals surface area contributed by atoms with Gasteiger partial charge in [-0.25, -0.2) is 4.98 Å². The number of anilines is 1. The minimum atomic E-state index is -1.20. The molecule has 3 N–H and O–H groups in total. The number of rotatable bonds is 1. The number of quaternary nitrogens is 1. The number of fused-ring (bicyclic) bond motifs is 1. The zero-order valence-corrected chi connectivity index (χ0v) is 12.3. The monoisotopic (exact) mass is 303 g/mol. The largest absolute Gasteiger partial charge is 0.549 e. The molecule has 9 heteroatoms. The first kappa shape index (κ1) is 14.1. The van der Waals surface area contributed by atoms with Gasteiger partial charge in [-0.1, -0.05) is 5.11 Å². The highest BCUT2D eigenvalue weighted by Gasteiger charge is 2.59. The summed E-state index contributed by atoms with van der Waals surface area (Å²) < 4.78 is 4.51. The van der Waals surface area contributed by atoms with Crippen molar-refractivity contribution in [3.8, 4) is 11.5 Å². The molecular weight excluding hydrogens is 288 g/mol. The number of aromatic nitrogens is 2. The van der Waals surface area contributed by atoms with E-state index in [2.05, 4.69) is 20.3 Å². The third-order valence-electron chi connectivity index (χ3n) is 3.47. The summed E-state index contributed by atoms with van der Waals surface area (Å²) >= 11 is 0. The van der Waals surface area contributed by atoms with Crippen LogP contribution in [0.4, 0.5) is 22.2 Å². The highest BCUT2D eigenvalue weighted by atomic mass is 16.4. The van der Waals surface area contributed by atoms with Gasteiger partial charge in [-0.3, -0.25) is 0 Å². The number of furan rings is 1. The van der Waals surface area contributed by atoms with E-state index in [1.807, 2.05) is 0 Å². The molecule has 0 fully saturated rings. The lowest BCUT2D eigenvalue weighted by molar-refractivity contribution is 0.102. The number of hydrogen-bond acceptors (Lipinski definition) is 7. The number of nitrogens with two attached hydrogens (primary N) is 1. The molecule has 0 radical (unpaired) electrons. The molecule has 0 aromatic carbocycles. The molecule has 1 amide bonds. The Labute approximate surface area is 125 Å². The SMILES string of the molecule is CC(C)(C)[N+]1(C(=O)O)N=Nc2c(-c3ccco3)nc(N)nc21. The lowest BCUT2D eigenvalue weighted by atomic mass is 10.0. The smallest absolute Gasteiger partial charge is 0.463 e. The van der Waals surface area contributed by atoms with E-state index in [1.54, 1.807) is 32.9 Å². The Balaban J connectivity index is 2.33. The zero-order valence-electron chi connectivity index (χ0n) is 12.3. The Morgan fingerprint density at radius 3 is 2.64 bits per heavy atom. The maximum absolute atomic E-state index is 11.9. The normalized spacial score (nSPS) is 20.1. The number of carbonyl (C=O) groups is 1. The minimum Gasteiger partial charge on any atom is -0.463 e. The van der Waals surface area contributed by atoms with E-state index in [0.717, 1.165) is 0 Å². The number of carboxylic acid groups (broad SMARTS) is 1. The first-order chi connectivity index (χ1) is 10.3. The van der Waals surface area contributed by atoms with Gasteiger partial charge in [0.15, 0.2) is 5.76 Å². The van der Waals surface area contributed by atoms with E-state index in [-0.39, 0.29) is 17.5 Å². The lowest BCUT2D eigenvalue weighted by Gasteiger charge is -2.32. The molecule has 22 heavy (non-hydrogen) atoms. The number of amides is 1. The fraction of sp³-hybridized carbons (Fsp3) is 0.308. The van der Waals surface area contributed by atoms with Gasteiger partial charge in [0.2, 0.25) is 11.6 Å². The second-order valence-corrected chi connectivity index (χ2v) is 5.86. The Bertz CT molecular complexity index is 778. The van der Waals surface area contributed by atoms with Gasteiger partial charge >= 0.3 is 11.9 Å². The fourth-order valence-corrected chi connectivity index (χ4v) is 2.38. The Hall–Kier alpha value is -2.81. The number of hydrogen-bond donors (Lipinski definition) is 2. The van der Waals surface area contributed by atoms with Gasteiger partial charge in [-0.2, -0.15) is 9.78 Å². The summed E-state index contributed by atoms with van der Waals surface area (Å²) in [5.41, 5.74) is 5.51. The van der Waals surface area contributed by atoms with Crippen molar-refractivity contribution >= 4 is 23.5 Å². The molecule has 114 valence electrons. The molecule has 0 spiro atoms. The van der Waals surface area contributed by atoms with Crippen molar-refractivity contribution < 1.29 is 14.3 Å². The van der Waals surface area contributed by atoms with Crippen molar-refractivity contribution in [2.24, 2.45) is 10.3 Å². The maximum Gasteiger partial charge on any atom is 0.549 e. The van der Waals surface area contributed by atoms with E-state index in [4.69, 9.17) is 10.2 Å². The molecule has 9 nitrogen and oxygen atoms in total. The summed E-state index contributed by atoms with van der Waals surface area (Å²) in [6, 6.07) is 3.37. The number of nitrogen functional groups attached to an aromatic ring is 1. The Kier molecular flexibility index (Phi) is 2.79. The summed E-state index contributed by atoms with van der Waals surface area (Å²) in [4.78, 5) is 20.1. The van der Waals surface area contributed by atoms with Gasteiger partial charge in [-0.05, 0) is 37.5 Å². The van der Waals surface area contributed by atoms with Crippen molar-refractivity contribution in [3.63, 3.8) is 0 Å². The van der Waals surface area contributed by atoms with Crippen molar-refractivity contribution in [2.75, 3.05) is 5.73 Å². The average molecular weight is 303 g/mol. The molecule has 1 atom stereocenters. The van der Waals surface area contributed by atoms with Crippen molar-refractivity contribution in [3.05, 3.63) is 18.4 Å². The van der Waals surface area contributed by atoms with Gasteiger partial charge in [-0.15, -0.1) is 0 Å². The van der Waals surface area contributed by atoms with E-state index in [9.17, 15) is 9.90 Å². The molecule has 1 aliphatic rings. The summed E-state index contributed by atoms with van der Waals surface area (Å²) in [5.74, 6) is 0.480. The highest BCUT2D eigenvalue weighted by molar-refractivity contribution is 5.90. The number of nitrogens with zero attached hydrogens (tertiary/aromatic N) is 5. The quantitative estimate of drug-likeness (QED) is 0.779. The molecule has 3 rings (SSSR count). The van der Waals surface area contributed by atoms with E-state index in [0.29, 0.717) is 11.5 Å². The van der Waals surface area contributed by atoms with Crippen LogP contribution >= 0.6 is 0 Å². The molecule has 0 aliphatic carbocycles. The topological polar surface area (TPSA) is 127 Å². The summed E-state index contributed by atoms with van der Waals surface area (Å²) in [6.07, 6.45) is 0.285. The standard InChI is InChI=1S/C13H14N6O3/c1-13(2,3)19(12(20)21)10-9(17-18-19)8(15-11(14)16-10)7-5-4-6-22-7/h4-6H,1-3H3,(H2-,14,15,16,18,20,21)/p+1. The highest BCUT2D eigenvalue weighted by Crippen LogP contribution is 2.49. The van der Waals surface area contributed by atoms with Crippen molar-refractivity contribution in [1.82, 2.24) is 14.6 Å². The van der Waals surface area contributed by atoms with Crippen LogP contribution in [0.25, 0.3) is 11.5 Å². The van der Waals surface area contributed by atoms with Crippen LogP contribution < -0.4 is 10.3 Å². The van der Waals surface area contributed by atoms with E-state index < -0.39 is 16.2 Å². The molecule has 0 saturated heterocycles. The molecule has 2 aromatic heterocycles. The van der Waals surface area contributed by atoms with Crippen LogP contribution in [0.15, 0.2) is 33.2 Å². The van der Waals surface area contributed by atoms with Crippen LogP contribution in [0.2, 0.25) is 0 Å². The summed E-state index contributed by atoms with van der Waals surface area (Å²) in [6.45, 7) is 5.21. The van der Waals surface area contributed by atoms with E-state index in [1.165, 1.54) is 6.26 Å². The van der Waals surface area contributed by atoms with Crippen molar-refractivity contribution in [2.45, 2.75) is 26.3 Å². The van der Waals surface area contributed by atoms with Crippen LogP contribution in [-0.4, -0.2) is 26.7 Å². The average Bonchev–Trinajstić information content (AvgIpc) is 3.04. The predicted octanol–water partition coefficient (Wildman–Crippen LogP) is 3.11. The van der Waals surface area contributed by atoms with Gasteiger partial charge < -0.3 is 15.3 Å². The van der Waals surface area contributed by atoms with E-state index >= 15 is 0 Å². The van der Waals surface area contributed by atoms with Gasteiger partial charge in [0.1, 0.15) is 11.2 Å². The van der Waals surface area contributed by atoms with Crippen LogP contribution in [0, 0.1) is 0 Å². The first-order valence-electron chi connectivity index (χ1n) is 6.55. The summed E-state index contributed by atoms with van der Waals surface area (Å²) in [7, 11) is 0. The van der Waals surface area contributed by atoms with Crippen LogP contribution in [-0.2, 0) is 0 Å². The second kappa shape index (κ2) is 4.34. The molecule has 2 aromatic rings. The molecule has 1 aliphatic heterocycles. The molecule has 0 bridgehead atoms. The van der Waals surface area contributed by atoms with Crippen LogP contribution in [0.5, 0.6) is 0 Å². The third-order valence-corrected chi connectivity index (χ3v) is 3.47. The van der Waals surface area contributed by atoms with Crippen LogP contribution in [0.3, 0.4) is 0 Å². The second-order valence-electron chi connectivity index (χ2n) is 5.86. The minimum absolute atomic E-state index is 0.0644. The van der Waals surface area contributed by atoms with Crippen LogP contribution in [0.1, 0.15) is 20.8 Å². The van der Waals surface area contributed by atoms with Gasteiger partial charge in [0, 0.05) is 5.22 Å². The van der Waals surface area contributed by atoms with Gasteiger partial charge in [0.25, 0.3) is 0 Å². The molecule has 0 saturated carbocycles. The Morgan fingerprint density at radius 1 is 1.36 bits per heavy atom. The maximum atomic E-state index is 11.9. The first-order valence-corrected chi connectivity index (χ1v) is 6.55. The lowest BCUT2D eigenvalue weighted by Crippen LogP contribution is -2.60. The fourth-order valence-electron chi connectivity index (χ4n) is 2.38. The summed E-state index contributed by atoms with van der Waals surface area (Å²) in [5, 5.41) is 17.7. The van der Waals surface area contributed by atoms with Crippen molar-refractivity contribution in [1.29, 1.82) is 0 Å². The predicted molar refractivity (Wildman–Crippen MR) is 78.2 cm³/mol. The third kappa shape index (κ3) is 1.72. The molecular formula is C13H15N6O3+.